The van der Waals surface area contributed by atoms with Crippen LogP contribution in [0, 0.1) is 0 Å². The molecule has 0 bridgehead atoms. The van der Waals surface area contributed by atoms with Crippen LogP contribution in [0.1, 0.15) is 17.5 Å². The average Bonchev–Trinajstić information content (AvgIpc) is 2.89. The number of anilines is 2. The summed E-state index contributed by atoms with van der Waals surface area (Å²) in [6, 6.07) is 25.5. The number of rotatable bonds is 10. The summed E-state index contributed by atoms with van der Waals surface area (Å²) < 4.78 is 29.3. The monoisotopic (exact) mass is 499 g/mol. The van der Waals surface area contributed by atoms with Gasteiger partial charge >= 0.3 is 0 Å². The normalized spacial score (nSPS) is 11.2. The molecule has 0 saturated heterocycles. The smallest absolute Gasteiger partial charge is 0.262 e. The number of nitrogens with zero attached hydrogens (tertiary/aromatic N) is 2. The highest BCUT2D eigenvalue weighted by Gasteiger charge is 2.19. The second-order valence-electron chi connectivity index (χ2n) is 8.82. The Bertz CT molecular complexity index is 1430. The molecule has 0 fully saturated rings. The molecule has 0 aliphatic rings. The summed E-state index contributed by atoms with van der Waals surface area (Å²) >= 11 is 0. The number of hydrogen-bond acceptors (Lipinski definition) is 5. The van der Waals surface area contributed by atoms with Gasteiger partial charge < -0.3 is 4.90 Å². The number of aryl methyl sites for hydroxylation is 1. The maximum atomic E-state index is 13.3. The lowest BCUT2D eigenvalue weighted by atomic mass is 10.0. The molecule has 0 aliphatic carbocycles. The summed E-state index contributed by atoms with van der Waals surface area (Å²) in [6.45, 7) is 0. The van der Waals surface area contributed by atoms with Crippen molar-refractivity contribution in [3.05, 3.63) is 108 Å². The highest BCUT2D eigenvalue weighted by Crippen LogP contribution is 2.31. The van der Waals surface area contributed by atoms with Crippen LogP contribution in [0.4, 0.5) is 11.4 Å². The topological polar surface area (TPSA) is 79.4 Å². The Morgan fingerprint density at radius 2 is 1.67 bits per heavy atom. The van der Waals surface area contributed by atoms with Crippen molar-refractivity contribution < 1.29 is 13.2 Å². The fourth-order valence-corrected chi connectivity index (χ4v) is 5.23. The summed E-state index contributed by atoms with van der Waals surface area (Å²) in [5, 5.41) is 0. The number of carbonyl (C=O) groups is 1. The molecule has 1 heterocycles. The molecule has 0 radical (unpaired) electrons. The van der Waals surface area contributed by atoms with E-state index in [1.165, 1.54) is 0 Å². The predicted molar refractivity (Wildman–Crippen MR) is 145 cm³/mol. The first-order chi connectivity index (χ1) is 17.3. The lowest BCUT2D eigenvalue weighted by Crippen LogP contribution is -2.14. The largest absolute Gasteiger partial charge is 0.378 e. The number of aromatic nitrogens is 1. The first kappa shape index (κ1) is 25.1. The third-order valence-electron chi connectivity index (χ3n) is 5.87. The van der Waals surface area contributed by atoms with Crippen LogP contribution < -0.4 is 9.62 Å². The molecule has 4 rings (SSSR count). The highest BCUT2D eigenvalue weighted by molar-refractivity contribution is 7.92. The second kappa shape index (κ2) is 11.2. The Hall–Kier alpha value is -3.97. The molecular weight excluding hydrogens is 470 g/mol. The Balaban J connectivity index is 1.45. The van der Waals surface area contributed by atoms with Crippen LogP contribution in [0.25, 0.3) is 11.1 Å². The number of hydrogen-bond donors (Lipinski definition) is 1. The van der Waals surface area contributed by atoms with Crippen molar-refractivity contribution in [1.29, 1.82) is 0 Å². The summed E-state index contributed by atoms with van der Waals surface area (Å²) in [5.74, 6) is 0.126. The van der Waals surface area contributed by atoms with Gasteiger partial charge in [0.25, 0.3) is 10.0 Å². The number of pyridine rings is 1. The zero-order chi connectivity index (χ0) is 25.5. The van der Waals surface area contributed by atoms with E-state index >= 15 is 0 Å². The number of benzene rings is 3. The van der Waals surface area contributed by atoms with Crippen molar-refractivity contribution in [3.63, 3.8) is 0 Å². The molecule has 1 N–H and O–H groups in total. The molecule has 0 amide bonds. The SMILES string of the molecule is CN(C)c1cccc(-c2ccccc2S(=O)(=O)Nc2ccc(CC(=O)CCc3cccnc3)cc2)c1. The molecule has 4 aromatic rings. The molecule has 6 nitrogen and oxygen atoms in total. The van der Waals surface area contributed by atoms with E-state index in [0.29, 0.717) is 30.5 Å². The first-order valence-corrected chi connectivity index (χ1v) is 13.2. The standard InChI is InChI=1S/C29H29N3O3S/c1-32(2)26-9-5-8-24(20-26)28-10-3-4-11-29(28)36(34,35)31-25-15-12-22(13-16-25)19-27(33)17-14-23-7-6-18-30-21-23/h3-13,15-16,18,20-21,31H,14,17,19H2,1-2H3. The highest BCUT2D eigenvalue weighted by atomic mass is 32.2. The quantitative estimate of drug-likeness (QED) is 0.318. The van der Waals surface area contributed by atoms with Crippen molar-refractivity contribution in [2.75, 3.05) is 23.7 Å². The van der Waals surface area contributed by atoms with Crippen LogP contribution in [-0.2, 0) is 27.7 Å². The lowest BCUT2D eigenvalue weighted by Gasteiger charge is -2.16. The van der Waals surface area contributed by atoms with Gasteiger partial charge in [0.1, 0.15) is 5.78 Å². The van der Waals surface area contributed by atoms with E-state index in [1.807, 2.05) is 67.5 Å². The minimum Gasteiger partial charge on any atom is -0.378 e. The van der Waals surface area contributed by atoms with Crippen LogP contribution in [0.3, 0.4) is 0 Å². The van der Waals surface area contributed by atoms with Crippen LogP contribution in [0.15, 0.2) is 102 Å². The van der Waals surface area contributed by atoms with Gasteiger partial charge in [-0.1, -0.05) is 48.5 Å². The molecule has 0 atom stereocenters. The van der Waals surface area contributed by atoms with Gasteiger partial charge in [-0.25, -0.2) is 8.42 Å². The fraction of sp³-hybridized carbons (Fsp3) is 0.172. The molecule has 1 aromatic heterocycles. The van der Waals surface area contributed by atoms with Gasteiger partial charge in [0.15, 0.2) is 0 Å². The number of nitrogens with one attached hydrogen (secondary N) is 1. The molecule has 36 heavy (non-hydrogen) atoms. The third-order valence-corrected chi connectivity index (χ3v) is 7.31. The maximum absolute atomic E-state index is 13.3. The summed E-state index contributed by atoms with van der Waals surface area (Å²) in [7, 11) is 0.0547. The molecular formula is C29H29N3O3S. The third kappa shape index (κ3) is 6.37. The zero-order valence-corrected chi connectivity index (χ0v) is 21.2. The number of sulfonamides is 1. The number of ketones is 1. The van der Waals surface area contributed by atoms with Crippen molar-refractivity contribution in [2.24, 2.45) is 0 Å². The predicted octanol–water partition coefficient (Wildman–Crippen LogP) is 5.36. The summed E-state index contributed by atoms with van der Waals surface area (Å²) in [6.07, 6.45) is 4.87. The minimum absolute atomic E-state index is 0.126. The Labute approximate surface area is 212 Å². The van der Waals surface area contributed by atoms with Gasteiger partial charge in [0.2, 0.25) is 0 Å². The van der Waals surface area contributed by atoms with Gasteiger partial charge in [-0.2, -0.15) is 0 Å². The first-order valence-electron chi connectivity index (χ1n) is 11.7. The molecule has 3 aromatic carbocycles. The van der Waals surface area contributed by atoms with E-state index in [2.05, 4.69) is 9.71 Å². The summed E-state index contributed by atoms with van der Waals surface area (Å²) in [5.41, 5.74) is 4.75. The number of carbonyl (C=O) groups excluding carboxylic acids is 1. The van der Waals surface area contributed by atoms with E-state index in [4.69, 9.17) is 0 Å². The van der Waals surface area contributed by atoms with Gasteiger partial charge in [-0.15, -0.1) is 0 Å². The Morgan fingerprint density at radius 3 is 2.39 bits per heavy atom. The lowest BCUT2D eigenvalue weighted by molar-refractivity contribution is -0.118. The molecule has 0 spiro atoms. The van der Waals surface area contributed by atoms with Crippen LogP contribution in [0.5, 0.6) is 0 Å². The van der Waals surface area contributed by atoms with E-state index in [-0.39, 0.29) is 10.7 Å². The van der Waals surface area contributed by atoms with Crippen LogP contribution >= 0.6 is 0 Å². The Morgan fingerprint density at radius 1 is 0.889 bits per heavy atom. The van der Waals surface area contributed by atoms with Crippen LogP contribution in [0.2, 0.25) is 0 Å². The van der Waals surface area contributed by atoms with Gasteiger partial charge in [0, 0.05) is 56.3 Å². The van der Waals surface area contributed by atoms with E-state index in [1.54, 1.807) is 48.8 Å². The molecule has 0 unspecified atom stereocenters. The maximum Gasteiger partial charge on any atom is 0.262 e. The van der Waals surface area contributed by atoms with Gasteiger partial charge in [-0.3, -0.25) is 14.5 Å². The molecule has 184 valence electrons. The average molecular weight is 500 g/mol. The Kier molecular flexibility index (Phi) is 7.80. The van der Waals surface area contributed by atoms with E-state index < -0.39 is 10.0 Å². The molecule has 0 saturated carbocycles. The second-order valence-corrected chi connectivity index (χ2v) is 10.5. The van der Waals surface area contributed by atoms with Crippen molar-refractivity contribution >= 4 is 27.2 Å². The molecule has 7 heteroatoms. The summed E-state index contributed by atoms with van der Waals surface area (Å²) in [4.78, 5) is 18.6. The van der Waals surface area contributed by atoms with Crippen molar-refractivity contribution in [2.45, 2.75) is 24.2 Å². The van der Waals surface area contributed by atoms with E-state index in [9.17, 15) is 13.2 Å². The van der Waals surface area contributed by atoms with Crippen molar-refractivity contribution in [1.82, 2.24) is 4.98 Å². The fourth-order valence-electron chi connectivity index (χ4n) is 3.94. The van der Waals surface area contributed by atoms with Crippen molar-refractivity contribution in [3.8, 4) is 11.1 Å². The van der Waals surface area contributed by atoms with Gasteiger partial charge in [0.05, 0.1) is 4.90 Å². The molecule has 0 aliphatic heterocycles. The minimum atomic E-state index is -3.84. The van der Waals surface area contributed by atoms with Gasteiger partial charge in [-0.05, 0) is 59.5 Å². The zero-order valence-electron chi connectivity index (χ0n) is 20.4. The van der Waals surface area contributed by atoms with Crippen LogP contribution in [-0.4, -0.2) is 33.3 Å². The van der Waals surface area contributed by atoms with E-state index in [0.717, 1.165) is 22.4 Å². The number of Topliss-reactive ketones (excluding diaryl/α,β-unsaturated/α-hetero) is 1.